The van der Waals surface area contributed by atoms with E-state index in [-0.39, 0.29) is 0 Å². The lowest BCUT2D eigenvalue weighted by molar-refractivity contribution is 0.135. The summed E-state index contributed by atoms with van der Waals surface area (Å²) in [6.45, 7) is 4.84. The minimum atomic E-state index is 0.442. The van der Waals surface area contributed by atoms with Crippen LogP contribution in [-0.2, 0) is 5.41 Å². The van der Waals surface area contributed by atoms with Crippen molar-refractivity contribution in [1.82, 2.24) is 0 Å². The Morgan fingerprint density at radius 2 is 1.45 bits per heavy atom. The van der Waals surface area contributed by atoms with Crippen LogP contribution in [0, 0.1) is 17.8 Å². The van der Waals surface area contributed by atoms with E-state index in [1.165, 1.54) is 64.2 Å². The first-order valence-electron chi connectivity index (χ1n) is 9.77. The lowest BCUT2D eigenvalue weighted by atomic mass is 9.63. The van der Waals surface area contributed by atoms with Crippen LogP contribution in [-0.4, -0.2) is 0 Å². The molecule has 0 heteroatoms. The van der Waals surface area contributed by atoms with Crippen molar-refractivity contribution in [3.05, 3.63) is 35.9 Å². The van der Waals surface area contributed by atoms with Crippen LogP contribution in [0.15, 0.2) is 30.3 Å². The van der Waals surface area contributed by atoms with E-state index in [1.807, 2.05) is 0 Å². The summed E-state index contributed by atoms with van der Waals surface area (Å²) in [5.41, 5.74) is 2.01. The van der Waals surface area contributed by atoms with Gasteiger partial charge in [-0.2, -0.15) is 0 Å². The summed E-state index contributed by atoms with van der Waals surface area (Å²) >= 11 is 0. The highest BCUT2D eigenvalue weighted by atomic mass is 14.4. The average Bonchev–Trinajstić information content (AvgIpc) is 2.58. The standard InChI is InChI=1S/C22H34/c1-3-7-18-10-12-19(13-11-18)20-14-16-22(2,17-15-20)21-8-5-4-6-9-21/h4-6,8-9,18-20H,3,7,10-17H2,1-2H3. The monoisotopic (exact) mass is 298 g/mol. The van der Waals surface area contributed by atoms with Crippen molar-refractivity contribution in [2.75, 3.05) is 0 Å². The lowest BCUT2D eigenvalue weighted by Gasteiger charge is -2.42. The highest BCUT2D eigenvalue weighted by Crippen LogP contribution is 2.47. The molecule has 0 saturated heterocycles. The molecule has 0 radical (unpaired) electrons. The first-order chi connectivity index (χ1) is 10.7. The van der Waals surface area contributed by atoms with Crippen LogP contribution in [0.2, 0.25) is 0 Å². The van der Waals surface area contributed by atoms with E-state index >= 15 is 0 Å². The molecule has 3 rings (SSSR count). The molecule has 1 aromatic rings. The molecule has 2 saturated carbocycles. The normalized spacial score (nSPS) is 36.2. The Hall–Kier alpha value is -0.780. The summed E-state index contributed by atoms with van der Waals surface area (Å²) in [6, 6.07) is 11.3. The lowest BCUT2D eigenvalue weighted by Crippen LogP contribution is -2.32. The van der Waals surface area contributed by atoms with E-state index < -0.39 is 0 Å². The van der Waals surface area contributed by atoms with Crippen molar-refractivity contribution in [1.29, 1.82) is 0 Å². The van der Waals surface area contributed by atoms with Crippen LogP contribution in [0.5, 0.6) is 0 Å². The topological polar surface area (TPSA) is 0 Å². The second-order valence-electron chi connectivity index (χ2n) is 8.33. The van der Waals surface area contributed by atoms with Crippen molar-refractivity contribution in [2.45, 2.75) is 83.5 Å². The van der Waals surface area contributed by atoms with Crippen LogP contribution < -0.4 is 0 Å². The minimum absolute atomic E-state index is 0.442. The Kier molecular flexibility index (Phi) is 5.26. The number of benzene rings is 1. The molecule has 122 valence electrons. The Morgan fingerprint density at radius 3 is 2.05 bits per heavy atom. The van der Waals surface area contributed by atoms with Gasteiger partial charge in [0.1, 0.15) is 0 Å². The van der Waals surface area contributed by atoms with Gasteiger partial charge in [-0.25, -0.2) is 0 Å². The second kappa shape index (κ2) is 7.20. The van der Waals surface area contributed by atoms with Gasteiger partial charge in [0, 0.05) is 0 Å². The zero-order chi connectivity index (χ0) is 15.4. The third-order valence-corrected chi connectivity index (χ3v) is 6.86. The molecule has 0 bridgehead atoms. The van der Waals surface area contributed by atoms with Gasteiger partial charge in [0.25, 0.3) is 0 Å². The molecule has 22 heavy (non-hydrogen) atoms. The highest BCUT2D eigenvalue weighted by molar-refractivity contribution is 5.25. The van der Waals surface area contributed by atoms with E-state index in [0.29, 0.717) is 5.41 Å². The second-order valence-corrected chi connectivity index (χ2v) is 8.33. The van der Waals surface area contributed by atoms with Crippen LogP contribution in [0.1, 0.15) is 83.6 Å². The summed E-state index contributed by atoms with van der Waals surface area (Å²) in [4.78, 5) is 0. The van der Waals surface area contributed by atoms with Gasteiger partial charge in [-0.05, 0) is 67.3 Å². The number of hydrogen-bond acceptors (Lipinski definition) is 0. The molecule has 0 atom stereocenters. The fourth-order valence-corrected chi connectivity index (χ4v) is 5.23. The van der Waals surface area contributed by atoms with Gasteiger partial charge in [0.05, 0.1) is 0 Å². The van der Waals surface area contributed by atoms with E-state index in [0.717, 1.165) is 17.8 Å². The van der Waals surface area contributed by atoms with E-state index in [4.69, 9.17) is 0 Å². The molecule has 2 fully saturated rings. The van der Waals surface area contributed by atoms with E-state index in [9.17, 15) is 0 Å². The van der Waals surface area contributed by atoms with Gasteiger partial charge >= 0.3 is 0 Å². The molecule has 0 aromatic heterocycles. The third kappa shape index (κ3) is 3.58. The average molecular weight is 299 g/mol. The predicted octanol–water partition coefficient (Wildman–Crippen LogP) is 6.74. The van der Waals surface area contributed by atoms with Crippen LogP contribution in [0.3, 0.4) is 0 Å². The predicted molar refractivity (Wildman–Crippen MR) is 96.1 cm³/mol. The van der Waals surface area contributed by atoms with Crippen molar-refractivity contribution >= 4 is 0 Å². The Balaban J connectivity index is 1.52. The van der Waals surface area contributed by atoms with Crippen molar-refractivity contribution < 1.29 is 0 Å². The smallest absolute Gasteiger partial charge is 0.00750 e. The molecule has 0 aliphatic heterocycles. The van der Waals surface area contributed by atoms with Crippen molar-refractivity contribution in [3.63, 3.8) is 0 Å². The molecule has 2 aliphatic carbocycles. The molecule has 0 N–H and O–H groups in total. The third-order valence-electron chi connectivity index (χ3n) is 6.86. The Bertz CT molecular complexity index is 430. The molecule has 1 aromatic carbocycles. The Morgan fingerprint density at radius 1 is 0.864 bits per heavy atom. The first-order valence-corrected chi connectivity index (χ1v) is 9.77. The maximum atomic E-state index is 2.50. The van der Waals surface area contributed by atoms with Gasteiger partial charge < -0.3 is 0 Å². The molecular weight excluding hydrogens is 264 g/mol. The summed E-state index contributed by atoms with van der Waals surface area (Å²) in [5.74, 6) is 3.13. The summed E-state index contributed by atoms with van der Waals surface area (Å²) in [7, 11) is 0. The fourth-order valence-electron chi connectivity index (χ4n) is 5.23. The van der Waals surface area contributed by atoms with E-state index in [1.54, 1.807) is 5.56 Å². The first kappa shape index (κ1) is 16.1. The molecule has 2 aliphatic rings. The summed E-state index contributed by atoms with van der Waals surface area (Å²) in [5, 5.41) is 0. The van der Waals surface area contributed by atoms with Crippen LogP contribution in [0.4, 0.5) is 0 Å². The maximum absolute atomic E-state index is 2.50. The van der Waals surface area contributed by atoms with Gasteiger partial charge in [0.2, 0.25) is 0 Å². The quantitative estimate of drug-likeness (QED) is 0.577. The zero-order valence-electron chi connectivity index (χ0n) is 14.7. The molecule has 0 heterocycles. The number of rotatable bonds is 4. The molecule has 0 nitrogen and oxygen atoms in total. The zero-order valence-corrected chi connectivity index (χ0v) is 14.7. The highest BCUT2D eigenvalue weighted by Gasteiger charge is 2.36. The van der Waals surface area contributed by atoms with Crippen molar-refractivity contribution in [3.8, 4) is 0 Å². The Labute approximate surface area is 137 Å². The molecular formula is C22H34. The van der Waals surface area contributed by atoms with Gasteiger partial charge in [0.15, 0.2) is 0 Å². The minimum Gasteiger partial charge on any atom is -0.0654 e. The summed E-state index contributed by atoms with van der Waals surface area (Å²) < 4.78 is 0. The van der Waals surface area contributed by atoms with Gasteiger partial charge in [-0.15, -0.1) is 0 Å². The summed E-state index contributed by atoms with van der Waals surface area (Å²) in [6.07, 6.45) is 14.7. The molecule has 0 unspecified atom stereocenters. The van der Waals surface area contributed by atoms with E-state index in [2.05, 4.69) is 44.2 Å². The van der Waals surface area contributed by atoms with Gasteiger partial charge in [-0.1, -0.05) is 69.9 Å². The SMILES string of the molecule is CCCC1CCC(C2CCC(C)(c3ccccc3)CC2)CC1. The van der Waals surface area contributed by atoms with Crippen LogP contribution >= 0.6 is 0 Å². The van der Waals surface area contributed by atoms with Crippen molar-refractivity contribution in [2.24, 2.45) is 17.8 Å². The van der Waals surface area contributed by atoms with Gasteiger partial charge in [-0.3, -0.25) is 0 Å². The largest absolute Gasteiger partial charge is 0.0654 e. The molecule has 0 spiro atoms. The fraction of sp³-hybridized carbons (Fsp3) is 0.727. The molecule has 0 amide bonds. The maximum Gasteiger partial charge on any atom is -0.00750 e. The van der Waals surface area contributed by atoms with Crippen LogP contribution in [0.25, 0.3) is 0 Å². The number of hydrogen-bond donors (Lipinski definition) is 0.